The van der Waals surface area contributed by atoms with E-state index in [0.717, 1.165) is 35.4 Å². The summed E-state index contributed by atoms with van der Waals surface area (Å²) in [6, 6.07) is 7.62. The lowest BCUT2D eigenvalue weighted by molar-refractivity contribution is -0.154. The fourth-order valence-electron chi connectivity index (χ4n) is 4.38. The van der Waals surface area contributed by atoms with Crippen LogP contribution in [0.25, 0.3) is 0 Å². The number of ether oxygens (including phenoxy) is 1. The van der Waals surface area contributed by atoms with Gasteiger partial charge < -0.3 is 9.64 Å². The first-order chi connectivity index (χ1) is 13.1. The number of imide groups is 1. The van der Waals surface area contributed by atoms with Gasteiger partial charge in [0.2, 0.25) is 11.8 Å². The predicted molar refractivity (Wildman–Crippen MR) is 95.6 cm³/mol. The maximum atomic E-state index is 12.4. The predicted octanol–water partition coefficient (Wildman–Crippen LogP) is 1.29. The van der Waals surface area contributed by atoms with E-state index in [4.69, 9.17) is 4.74 Å². The van der Waals surface area contributed by atoms with Crippen molar-refractivity contribution in [3.63, 3.8) is 0 Å². The molecule has 2 fully saturated rings. The molecule has 0 spiro atoms. The van der Waals surface area contributed by atoms with Gasteiger partial charge in [-0.15, -0.1) is 0 Å². The molecule has 3 aliphatic rings. The van der Waals surface area contributed by atoms with Crippen molar-refractivity contribution in [3.8, 4) is 0 Å². The van der Waals surface area contributed by atoms with Crippen LogP contribution in [-0.2, 0) is 30.3 Å². The van der Waals surface area contributed by atoms with Crippen molar-refractivity contribution in [1.29, 1.82) is 0 Å². The molecule has 0 aromatic heterocycles. The molecular weight excluding hydrogens is 348 g/mol. The highest BCUT2D eigenvalue weighted by atomic mass is 16.5. The van der Waals surface area contributed by atoms with Gasteiger partial charge >= 0.3 is 5.97 Å². The molecule has 4 rings (SSSR count). The summed E-state index contributed by atoms with van der Waals surface area (Å²) in [5, 5.41) is 0. The number of anilines is 1. The van der Waals surface area contributed by atoms with Crippen molar-refractivity contribution < 1.29 is 23.9 Å². The molecule has 7 nitrogen and oxygen atoms in total. The van der Waals surface area contributed by atoms with Gasteiger partial charge in [0.15, 0.2) is 6.61 Å². The molecule has 7 heteroatoms. The molecule has 2 heterocycles. The number of amides is 3. The molecule has 1 saturated heterocycles. The van der Waals surface area contributed by atoms with E-state index in [0.29, 0.717) is 19.4 Å². The average molecular weight is 370 g/mol. The number of hydrogen-bond acceptors (Lipinski definition) is 5. The van der Waals surface area contributed by atoms with Crippen molar-refractivity contribution in [2.75, 3.05) is 24.6 Å². The number of likely N-dealkylation sites (tertiary alicyclic amines) is 1. The first kappa shape index (κ1) is 17.7. The summed E-state index contributed by atoms with van der Waals surface area (Å²) in [5.74, 6) is -2.16. The van der Waals surface area contributed by atoms with E-state index in [-0.39, 0.29) is 29.6 Å². The van der Waals surface area contributed by atoms with E-state index in [1.54, 1.807) is 4.90 Å². The van der Waals surface area contributed by atoms with Crippen molar-refractivity contribution >= 4 is 29.4 Å². The number of carbonyl (C=O) groups excluding carboxylic acids is 4. The van der Waals surface area contributed by atoms with E-state index < -0.39 is 19.1 Å². The van der Waals surface area contributed by atoms with Crippen molar-refractivity contribution in [1.82, 2.24) is 4.90 Å². The van der Waals surface area contributed by atoms with Crippen LogP contribution in [0.1, 0.15) is 31.2 Å². The summed E-state index contributed by atoms with van der Waals surface area (Å²) in [5.41, 5.74) is 1.93. The standard InChI is InChI=1S/C20H22N2O5/c23-17(21-10-9-13-5-1-4-8-16(13)21)12-27-18(24)11-22-19(25)14-6-2-3-7-15(14)20(22)26/h1,4-5,8,14-15H,2-3,6-7,9-12H2/t14-,15-/m0/s1. The van der Waals surface area contributed by atoms with Gasteiger partial charge in [-0.2, -0.15) is 0 Å². The highest BCUT2D eigenvalue weighted by Gasteiger charge is 2.48. The van der Waals surface area contributed by atoms with Crippen LogP contribution >= 0.6 is 0 Å². The molecule has 1 saturated carbocycles. The molecule has 1 aromatic carbocycles. The first-order valence-electron chi connectivity index (χ1n) is 9.45. The molecular formula is C20H22N2O5. The molecule has 0 radical (unpaired) electrons. The summed E-state index contributed by atoms with van der Waals surface area (Å²) >= 11 is 0. The molecule has 3 amide bonds. The second-order valence-corrected chi connectivity index (χ2v) is 7.34. The lowest BCUT2D eigenvalue weighted by Crippen LogP contribution is -2.38. The van der Waals surface area contributed by atoms with Gasteiger partial charge in [-0.3, -0.25) is 24.1 Å². The van der Waals surface area contributed by atoms with Gasteiger partial charge in [-0.25, -0.2) is 0 Å². The third kappa shape index (κ3) is 3.22. The van der Waals surface area contributed by atoms with E-state index in [1.165, 1.54) is 0 Å². The third-order valence-corrected chi connectivity index (χ3v) is 5.76. The Morgan fingerprint density at radius 1 is 1.04 bits per heavy atom. The van der Waals surface area contributed by atoms with Crippen LogP contribution in [-0.4, -0.2) is 48.3 Å². The molecule has 2 atom stereocenters. The van der Waals surface area contributed by atoms with E-state index in [9.17, 15) is 19.2 Å². The Bertz CT molecular complexity index is 781. The lowest BCUT2D eigenvalue weighted by atomic mass is 9.81. The lowest BCUT2D eigenvalue weighted by Gasteiger charge is -2.19. The van der Waals surface area contributed by atoms with E-state index >= 15 is 0 Å². The third-order valence-electron chi connectivity index (χ3n) is 5.76. The molecule has 1 aromatic rings. The minimum Gasteiger partial charge on any atom is -0.454 e. The Morgan fingerprint density at radius 2 is 1.70 bits per heavy atom. The Labute approximate surface area is 157 Å². The molecule has 0 unspecified atom stereocenters. The number of rotatable bonds is 4. The Balaban J connectivity index is 1.32. The Hall–Kier alpha value is -2.70. The number of fused-ring (bicyclic) bond motifs is 2. The monoisotopic (exact) mass is 370 g/mol. The Kier molecular flexibility index (Phi) is 4.68. The highest BCUT2D eigenvalue weighted by molar-refractivity contribution is 6.07. The van der Waals surface area contributed by atoms with Crippen LogP contribution in [0.3, 0.4) is 0 Å². The van der Waals surface area contributed by atoms with Crippen LogP contribution in [0.15, 0.2) is 24.3 Å². The van der Waals surface area contributed by atoms with Gasteiger partial charge in [0, 0.05) is 12.2 Å². The summed E-state index contributed by atoms with van der Waals surface area (Å²) in [4.78, 5) is 51.9. The average Bonchev–Trinajstić information content (AvgIpc) is 3.22. The van der Waals surface area contributed by atoms with Gasteiger partial charge in [0.05, 0.1) is 11.8 Å². The van der Waals surface area contributed by atoms with Gasteiger partial charge in [-0.1, -0.05) is 31.0 Å². The minimum atomic E-state index is -0.726. The second kappa shape index (κ2) is 7.13. The van der Waals surface area contributed by atoms with E-state index in [1.807, 2.05) is 24.3 Å². The maximum Gasteiger partial charge on any atom is 0.326 e. The fourth-order valence-corrected chi connectivity index (χ4v) is 4.38. The molecule has 27 heavy (non-hydrogen) atoms. The van der Waals surface area contributed by atoms with Crippen LogP contribution in [0, 0.1) is 11.8 Å². The zero-order chi connectivity index (χ0) is 19.0. The second-order valence-electron chi connectivity index (χ2n) is 7.34. The van der Waals surface area contributed by atoms with Crippen molar-refractivity contribution in [2.24, 2.45) is 11.8 Å². The first-order valence-corrected chi connectivity index (χ1v) is 9.45. The number of para-hydroxylation sites is 1. The van der Waals surface area contributed by atoms with E-state index in [2.05, 4.69) is 0 Å². The Morgan fingerprint density at radius 3 is 2.41 bits per heavy atom. The normalized spacial score (nSPS) is 24.0. The van der Waals surface area contributed by atoms with Gasteiger partial charge in [-0.05, 0) is 30.9 Å². The summed E-state index contributed by atoms with van der Waals surface area (Å²) in [6.45, 7) is -0.243. The minimum absolute atomic E-state index is 0.276. The van der Waals surface area contributed by atoms with Crippen LogP contribution < -0.4 is 4.90 Å². The van der Waals surface area contributed by atoms with Crippen LogP contribution in [0.5, 0.6) is 0 Å². The molecule has 1 aliphatic carbocycles. The number of esters is 1. The summed E-state index contributed by atoms with van der Waals surface area (Å²) in [6.07, 6.45) is 4.05. The number of hydrogen-bond donors (Lipinski definition) is 0. The number of carbonyl (C=O) groups is 4. The summed E-state index contributed by atoms with van der Waals surface area (Å²) in [7, 11) is 0. The number of benzene rings is 1. The molecule has 142 valence electrons. The van der Waals surface area contributed by atoms with Crippen molar-refractivity contribution in [3.05, 3.63) is 29.8 Å². The SMILES string of the molecule is O=C(CN1C(=O)[C@H]2CCCC[C@@H]2C1=O)OCC(=O)N1CCc2ccccc21. The number of nitrogens with zero attached hydrogens (tertiary/aromatic N) is 2. The zero-order valence-corrected chi connectivity index (χ0v) is 15.1. The van der Waals surface area contributed by atoms with Crippen molar-refractivity contribution in [2.45, 2.75) is 32.1 Å². The fraction of sp³-hybridized carbons (Fsp3) is 0.500. The van der Waals surface area contributed by atoms with Crippen LogP contribution in [0.4, 0.5) is 5.69 Å². The highest BCUT2D eigenvalue weighted by Crippen LogP contribution is 2.37. The maximum absolute atomic E-state index is 12.4. The van der Waals surface area contributed by atoms with Gasteiger partial charge in [0.1, 0.15) is 6.54 Å². The van der Waals surface area contributed by atoms with Crippen LogP contribution in [0.2, 0.25) is 0 Å². The topological polar surface area (TPSA) is 84.0 Å². The quantitative estimate of drug-likeness (QED) is 0.589. The summed E-state index contributed by atoms with van der Waals surface area (Å²) < 4.78 is 5.07. The molecule has 0 bridgehead atoms. The zero-order valence-electron chi connectivity index (χ0n) is 15.1. The molecule has 0 N–H and O–H groups in total. The largest absolute Gasteiger partial charge is 0.454 e. The molecule has 2 aliphatic heterocycles. The van der Waals surface area contributed by atoms with Gasteiger partial charge in [0.25, 0.3) is 5.91 Å². The smallest absolute Gasteiger partial charge is 0.326 e.